The molecule has 1 aromatic rings. The van der Waals surface area contributed by atoms with Gasteiger partial charge in [0.25, 0.3) is 0 Å². The molecule has 19 heavy (non-hydrogen) atoms. The van der Waals surface area contributed by atoms with Crippen LogP contribution in [0.1, 0.15) is 62.6 Å². The number of hydrogen-bond donors (Lipinski definition) is 2. The van der Waals surface area contributed by atoms with Gasteiger partial charge in [0.2, 0.25) is 0 Å². The summed E-state index contributed by atoms with van der Waals surface area (Å²) in [4.78, 5) is 0. The number of rotatable bonds is 3. The number of phenols is 1. The van der Waals surface area contributed by atoms with Gasteiger partial charge in [0, 0.05) is 12.6 Å². The van der Waals surface area contributed by atoms with Crippen LogP contribution >= 0.6 is 0 Å². The summed E-state index contributed by atoms with van der Waals surface area (Å²) in [7, 11) is 0. The lowest BCUT2D eigenvalue weighted by atomic mass is 9.75. The molecule has 1 saturated carbocycles. The first-order valence-corrected chi connectivity index (χ1v) is 7.72. The zero-order valence-electron chi connectivity index (χ0n) is 11.9. The summed E-state index contributed by atoms with van der Waals surface area (Å²) in [5.41, 5.74) is 2.96. The first-order valence-electron chi connectivity index (χ1n) is 7.72. The standard InChI is InChI=1S/C17H25NO/c1-17(10-3-2-4-11-17)12-18-15-9-8-14-13(15)6-5-7-16(14)19/h5-7,15,18-19H,2-4,8-12H2,1H3. The van der Waals surface area contributed by atoms with Crippen molar-refractivity contribution >= 4 is 0 Å². The highest BCUT2D eigenvalue weighted by molar-refractivity contribution is 5.44. The van der Waals surface area contributed by atoms with Gasteiger partial charge in [-0.05, 0) is 48.3 Å². The van der Waals surface area contributed by atoms with Crippen molar-refractivity contribution in [1.82, 2.24) is 5.32 Å². The van der Waals surface area contributed by atoms with Crippen LogP contribution in [0.25, 0.3) is 0 Å². The summed E-state index contributed by atoms with van der Waals surface area (Å²) in [5.74, 6) is 0.477. The van der Waals surface area contributed by atoms with E-state index in [9.17, 15) is 5.11 Å². The van der Waals surface area contributed by atoms with E-state index in [0.29, 0.717) is 17.2 Å². The van der Waals surface area contributed by atoms with Crippen LogP contribution in [0.4, 0.5) is 0 Å². The zero-order chi connectivity index (χ0) is 13.3. The second-order valence-corrected chi connectivity index (χ2v) is 6.69. The van der Waals surface area contributed by atoms with Crippen LogP contribution in [-0.2, 0) is 6.42 Å². The minimum absolute atomic E-state index is 0.445. The van der Waals surface area contributed by atoms with Crippen molar-refractivity contribution in [2.75, 3.05) is 6.54 Å². The van der Waals surface area contributed by atoms with E-state index >= 15 is 0 Å². The van der Waals surface area contributed by atoms with Crippen LogP contribution in [0.2, 0.25) is 0 Å². The first kappa shape index (κ1) is 13.0. The van der Waals surface area contributed by atoms with Crippen molar-refractivity contribution in [2.45, 2.75) is 57.9 Å². The van der Waals surface area contributed by atoms with Gasteiger partial charge in [0.05, 0.1) is 0 Å². The lowest BCUT2D eigenvalue weighted by Crippen LogP contribution is -2.35. The van der Waals surface area contributed by atoms with E-state index in [1.165, 1.54) is 37.7 Å². The van der Waals surface area contributed by atoms with E-state index in [1.54, 1.807) is 0 Å². The van der Waals surface area contributed by atoms with E-state index < -0.39 is 0 Å². The van der Waals surface area contributed by atoms with Crippen molar-refractivity contribution in [3.63, 3.8) is 0 Å². The Balaban J connectivity index is 1.65. The van der Waals surface area contributed by atoms with Gasteiger partial charge in [-0.25, -0.2) is 0 Å². The largest absolute Gasteiger partial charge is 0.508 e. The maximum Gasteiger partial charge on any atom is 0.119 e. The smallest absolute Gasteiger partial charge is 0.119 e. The van der Waals surface area contributed by atoms with Crippen LogP contribution in [0.3, 0.4) is 0 Å². The molecule has 0 spiro atoms. The Morgan fingerprint density at radius 3 is 2.84 bits per heavy atom. The molecule has 0 heterocycles. The van der Waals surface area contributed by atoms with Gasteiger partial charge in [-0.15, -0.1) is 0 Å². The minimum Gasteiger partial charge on any atom is -0.508 e. The lowest BCUT2D eigenvalue weighted by molar-refractivity contribution is 0.200. The summed E-state index contributed by atoms with van der Waals surface area (Å²) in [6, 6.07) is 6.39. The highest BCUT2D eigenvalue weighted by Crippen LogP contribution is 2.39. The molecule has 2 aliphatic carbocycles. The molecule has 1 aromatic carbocycles. The maximum atomic E-state index is 9.89. The van der Waals surface area contributed by atoms with Gasteiger partial charge in [-0.1, -0.05) is 38.3 Å². The molecule has 1 unspecified atom stereocenters. The van der Waals surface area contributed by atoms with Crippen molar-refractivity contribution in [1.29, 1.82) is 0 Å². The predicted octanol–water partition coefficient (Wildman–Crippen LogP) is 3.94. The van der Waals surface area contributed by atoms with Crippen LogP contribution in [0.15, 0.2) is 18.2 Å². The van der Waals surface area contributed by atoms with Crippen LogP contribution in [0, 0.1) is 5.41 Å². The number of phenolic OH excluding ortho intramolecular Hbond substituents is 1. The van der Waals surface area contributed by atoms with Gasteiger partial charge in [-0.2, -0.15) is 0 Å². The highest BCUT2D eigenvalue weighted by Gasteiger charge is 2.30. The van der Waals surface area contributed by atoms with Crippen LogP contribution in [0.5, 0.6) is 5.75 Å². The van der Waals surface area contributed by atoms with Gasteiger partial charge >= 0.3 is 0 Å². The molecule has 0 aliphatic heterocycles. The lowest BCUT2D eigenvalue weighted by Gasteiger charge is -2.35. The Bertz CT molecular complexity index is 449. The molecule has 0 aromatic heterocycles. The third-order valence-corrected chi connectivity index (χ3v) is 5.08. The van der Waals surface area contributed by atoms with Crippen LogP contribution < -0.4 is 5.32 Å². The Morgan fingerprint density at radius 2 is 2.05 bits per heavy atom. The van der Waals surface area contributed by atoms with E-state index in [-0.39, 0.29) is 0 Å². The van der Waals surface area contributed by atoms with Gasteiger partial charge in [0.15, 0.2) is 0 Å². The highest BCUT2D eigenvalue weighted by atomic mass is 16.3. The summed E-state index contributed by atoms with van der Waals surface area (Å²) < 4.78 is 0. The topological polar surface area (TPSA) is 32.3 Å². The maximum absolute atomic E-state index is 9.89. The molecule has 0 saturated heterocycles. The third-order valence-electron chi connectivity index (χ3n) is 5.08. The predicted molar refractivity (Wildman–Crippen MR) is 78.4 cm³/mol. The molecule has 3 rings (SSSR count). The quantitative estimate of drug-likeness (QED) is 0.861. The Morgan fingerprint density at radius 1 is 1.26 bits per heavy atom. The Kier molecular flexibility index (Phi) is 3.53. The molecule has 2 aliphatic rings. The number of nitrogens with one attached hydrogen (secondary N) is 1. The molecule has 104 valence electrons. The average molecular weight is 259 g/mol. The molecule has 2 nitrogen and oxygen atoms in total. The average Bonchev–Trinajstić information content (AvgIpc) is 2.82. The summed E-state index contributed by atoms with van der Waals surface area (Å²) in [6.07, 6.45) is 9.05. The first-order chi connectivity index (χ1) is 9.18. The molecule has 2 heteroatoms. The fraction of sp³-hybridized carbons (Fsp3) is 0.647. The number of hydrogen-bond acceptors (Lipinski definition) is 2. The van der Waals surface area contributed by atoms with Gasteiger partial charge in [-0.3, -0.25) is 0 Å². The van der Waals surface area contributed by atoms with Crippen molar-refractivity contribution in [3.8, 4) is 5.75 Å². The van der Waals surface area contributed by atoms with Crippen molar-refractivity contribution in [2.24, 2.45) is 5.41 Å². The zero-order valence-corrected chi connectivity index (χ0v) is 11.9. The van der Waals surface area contributed by atoms with Gasteiger partial charge in [0.1, 0.15) is 5.75 Å². The fourth-order valence-electron chi connectivity index (χ4n) is 3.80. The summed E-state index contributed by atoms with van der Waals surface area (Å²) in [5, 5.41) is 13.7. The van der Waals surface area contributed by atoms with Crippen LogP contribution in [-0.4, -0.2) is 11.7 Å². The molecule has 0 amide bonds. The van der Waals surface area contributed by atoms with Crippen molar-refractivity contribution < 1.29 is 5.11 Å². The monoisotopic (exact) mass is 259 g/mol. The summed E-state index contributed by atoms with van der Waals surface area (Å²) in [6.45, 7) is 3.55. The number of benzene rings is 1. The second-order valence-electron chi connectivity index (χ2n) is 6.69. The van der Waals surface area contributed by atoms with E-state index in [2.05, 4.69) is 18.3 Å². The third kappa shape index (κ3) is 2.64. The fourth-order valence-corrected chi connectivity index (χ4v) is 3.80. The van der Waals surface area contributed by atoms with E-state index in [4.69, 9.17) is 0 Å². The molecule has 0 radical (unpaired) electrons. The van der Waals surface area contributed by atoms with Crippen molar-refractivity contribution in [3.05, 3.63) is 29.3 Å². The molecular formula is C17H25NO. The molecular weight excluding hydrogens is 234 g/mol. The normalized spacial score (nSPS) is 25.2. The summed E-state index contributed by atoms with van der Waals surface area (Å²) >= 11 is 0. The molecule has 1 fully saturated rings. The molecule has 1 atom stereocenters. The number of fused-ring (bicyclic) bond motifs is 1. The Labute approximate surface area is 116 Å². The molecule has 0 bridgehead atoms. The van der Waals surface area contributed by atoms with Gasteiger partial charge < -0.3 is 10.4 Å². The van der Waals surface area contributed by atoms with E-state index in [1.807, 2.05) is 12.1 Å². The minimum atomic E-state index is 0.445. The SMILES string of the molecule is CC1(CNC2CCc3c(O)cccc32)CCCCC1. The number of aromatic hydroxyl groups is 1. The molecule has 2 N–H and O–H groups in total. The Hall–Kier alpha value is -1.02. The van der Waals surface area contributed by atoms with E-state index in [0.717, 1.165) is 24.9 Å². The second kappa shape index (κ2) is 5.16.